The molecule has 3 N–H and O–H groups in total. The fraction of sp³-hybridized carbons (Fsp3) is 0.576. The number of aliphatic hydroxyl groups is 1. The number of carbonyl (C=O) groups excluding carboxylic acids is 1. The van der Waals surface area contributed by atoms with Gasteiger partial charge in [-0.05, 0) is 104 Å². The summed E-state index contributed by atoms with van der Waals surface area (Å²) in [4.78, 5) is 33.7. The van der Waals surface area contributed by atoms with Crippen LogP contribution in [0.15, 0.2) is 23.0 Å². The normalized spacial score (nSPS) is 17.2. The molecule has 2 aromatic rings. The Kier molecular flexibility index (Phi) is 11.2. The van der Waals surface area contributed by atoms with Crippen molar-refractivity contribution in [2.75, 3.05) is 38.8 Å². The van der Waals surface area contributed by atoms with Crippen LogP contribution in [0, 0.1) is 32.6 Å². The maximum atomic E-state index is 13.6. The van der Waals surface area contributed by atoms with Gasteiger partial charge in [0.25, 0.3) is 11.5 Å². The molecule has 1 heterocycles. The van der Waals surface area contributed by atoms with Gasteiger partial charge in [0, 0.05) is 66.9 Å². The first-order valence-electron chi connectivity index (χ1n) is 14.7. The van der Waals surface area contributed by atoms with E-state index in [2.05, 4.69) is 45.9 Å². The molecule has 0 aliphatic heterocycles. The Balaban J connectivity index is 1.91. The summed E-state index contributed by atoms with van der Waals surface area (Å²) in [5, 5.41) is 13.2. The Morgan fingerprint density at radius 3 is 2.39 bits per heavy atom. The van der Waals surface area contributed by atoms with Crippen molar-refractivity contribution in [2.24, 2.45) is 0 Å². The van der Waals surface area contributed by atoms with Crippen LogP contribution in [0.1, 0.15) is 84.8 Å². The molecule has 8 nitrogen and oxygen atoms in total. The van der Waals surface area contributed by atoms with Crippen molar-refractivity contribution in [3.8, 4) is 11.8 Å². The van der Waals surface area contributed by atoms with E-state index in [1.165, 1.54) is 0 Å². The zero-order valence-corrected chi connectivity index (χ0v) is 26.1. The van der Waals surface area contributed by atoms with Crippen LogP contribution in [-0.4, -0.2) is 72.4 Å². The van der Waals surface area contributed by atoms with Crippen molar-refractivity contribution >= 4 is 11.6 Å². The number of methoxy groups -OCH3 is 1. The molecule has 0 spiro atoms. The van der Waals surface area contributed by atoms with Crippen LogP contribution in [0.25, 0.3) is 0 Å². The number of amides is 1. The first-order valence-corrected chi connectivity index (χ1v) is 14.7. The predicted molar refractivity (Wildman–Crippen MR) is 166 cm³/mol. The second-order valence-corrected chi connectivity index (χ2v) is 11.8. The topological polar surface area (TPSA) is 97.9 Å². The van der Waals surface area contributed by atoms with Crippen molar-refractivity contribution < 1.29 is 14.6 Å². The number of aromatic nitrogens is 1. The second kappa shape index (κ2) is 14.2. The van der Waals surface area contributed by atoms with Gasteiger partial charge in [0.15, 0.2) is 0 Å². The number of nitrogens with one attached hydrogen (secondary N) is 2. The molecule has 3 rings (SSSR count). The molecule has 0 saturated heterocycles. The van der Waals surface area contributed by atoms with Gasteiger partial charge in [0.2, 0.25) is 0 Å². The molecule has 1 aromatic carbocycles. The number of pyridine rings is 1. The first kappa shape index (κ1) is 32.4. The third-order valence-electron chi connectivity index (χ3n) is 8.09. The summed E-state index contributed by atoms with van der Waals surface area (Å²) in [6, 6.07) is 6.63. The van der Waals surface area contributed by atoms with E-state index >= 15 is 0 Å². The van der Waals surface area contributed by atoms with Gasteiger partial charge in [-0.1, -0.05) is 11.8 Å². The van der Waals surface area contributed by atoms with Gasteiger partial charge < -0.3 is 29.9 Å². The summed E-state index contributed by atoms with van der Waals surface area (Å²) in [7, 11) is 3.91. The van der Waals surface area contributed by atoms with E-state index in [0.29, 0.717) is 28.8 Å². The summed E-state index contributed by atoms with van der Waals surface area (Å²) in [5.74, 6) is 5.73. The molecule has 0 radical (unpaired) electrons. The van der Waals surface area contributed by atoms with Crippen LogP contribution >= 0.6 is 0 Å². The molecule has 0 unspecified atom stereocenters. The lowest BCUT2D eigenvalue weighted by atomic mass is 9.88. The molecule has 1 aromatic heterocycles. The molecule has 224 valence electrons. The number of carbonyl (C=O) groups is 1. The van der Waals surface area contributed by atoms with Crippen LogP contribution in [0.3, 0.4) is 0 Å². The number of nitrogens with zero attached hydrogens (tertiary/aromatic N) is 2. The molecule has 1 fully saturated rings. The highest BCUT2D eigenvalue weighted by atomic mass is 16.5. The molecule has 1 aliphatic rings. The summed E-state index contributed by atoms with van der Waals surface area (Å²) < 4.78 is 5.27. The Labute approximate surface area is 245 Å². The Morgan fingerprint density at radius 1 is 1.15 bits per heavy atom. The highest BCUT2D eigenvalue weighted by Gasteiger charge is 2.29. The van der Waals surface area contributed by atoms with Gasteiger partial charge in [0.1, 0.15) is 5.60 Å². The summed E-state index contributed by atoms with van der Waals surface area (Å²) >= 11 is 0. The zero-order valence-electron chi connectivity index (χ0n) is 26.1. The first-order chi connectivity index (χ1) is 19.3. The molecule has 1 aliphatic carbocycles. The van der Waals surface area contributed by atoms with Crippen molar-refractivity contribution in [1.82, 2.24) is 15.2 Å². The third-order valence-corrected chi connectivity index (χ3v) is 8.09. The van der Waals surface area contributed by atoms with Gasteiger partial charge in [-0.2, -0.15) is 0 Å². The fourth-order valence-electron chi connectivity index (χ4n) is 5.75. The minimum absolute atomic E-state index is 0.132. The van der Waals surface area contributed by atoms with Gasteiger partial charge in [0.05, 0.1) is 6.61 Å². The van der Waals surface area contributed by atoms with E-state index in [0.717, 1.165) is 67.9 Å². The van der Waals surface area contributed by atoms with E-state index in [-0.39, 0.29) is 18.0 Å². The summed E-state index contributed by atoms with van der Waals surface area (Å²) in [6.07, 6.45) is 4.34. The minimum Gasteiger partial charge on any atom is -0.383 e. The van der Waals surface area contributed by atoms with Crippen LogP contribution in [0.2, 0.25) is 0 Å². The molecule has 0 atom stereocenters. The number of hydrogen-bond acceptors (Lipinski definition) is 6. The Bertz CT molecular complexity index is 1320. The number of likely N-dealkylation sites (N-methyl/N-ethyl adjacent to an activating group) is 1. The van der Waals surface area contributed by atoms with Crippen molar-refractivity contribution in [3.05, 3.63) is 62.1 Å². The van der Waals surface area contributed by atoms with E-state index in [9.17, 15) is 14.7 Å². The highest BCUT2D eigenvalue weighted by Crippen LogP contribution is 2.33. The van der Waals surface area contributed by atoms with Gasteiger partial charge in [-0.15, -0.1) is 0 Å². The number of aromatic amines is 1. The quantitative estimate of drug-likeness (QED) is 0.377. The average molecular weight is 565 g/mol. The largest absolute Gasteiger partial charge is 0.383 e. The third kappa shape index (κ3) is 8.68. The lowest BCUT2D eigenvalue weighted by Crippen LogP contribution is -2.44. The van der Waals surface area contributed by atoms with E-state index in [4.69, 9.17) is 4.74 Å². The number of H-pyrrole nitrogens is 1. The standard InChI is InChI=1S/C33H48N4O4/c1-9-37(27-12-10-26(11-13-27)36(7)16-17-41-8)30-20-25(14-15-33(5,6)40)19-28(24(30)4)31(38)34-21-29-22(2)18-23(3)35-32(29)39/h18-20,26-27,40H,9-13,16-17,21H2,1-8H3,(H,34,38)(H,35,39). The van der Waals surface area contributed by atoms with E-state index in [1.54, 1.807) is 27.0 Å². The van der Waals surface area contributed by atoms with Crippen LogP contribution in [0.5, 0.6) is 0 Å². The number of benzene rings is 1. The summed E-state index contributed by atoms with van der Waals surface area (Å²) in [6.45, 7) is 13.7. The lowest BCUT2D eigenvalue weighted by molar-refractivity contribution is 0.0950. The molecule has 8 heteroatoms. The smallest absolute Gasteiger partial charge is 0.253 e. The number of ether oxygens (including phenoxy) is 1. The predicted octanol–water partition coefficient (Wildman–Crippen LogP) is 4.07. The summed E-state index contributed by atoms with van der Waals surface area (Å²) in [5.41, 5.74) is 3.89. The molecular weight excluding hydrogens is 516 g/mol. The van der Waals surface area contributed by atoms with E-state index in [1.807, 2.05) is 32.9 Å². The highest BCUT2D eigenvalue weighted by molar-refractivity contribution is 5.97. The zero-order chi connectivity index (χ0) is 30.3. The van der Waals surface area contributed by atoms with Crippen LogP contribution in [-0.2, 0) is 11.3 Å². The number of anilines is 1. The molecular formula is C33H48N4O4. The van der Waals surface area contributed by atoms with Gasteiger partial charge >= 0.3 is 0 Å². The number of rotatable bonds is 10. The minimum atomic E-state index is -1.16. The number of hydrogen-bond donors (Lipinski definition) is 3. The van der Waals surface area contributed by atoms with Gasteiger partial charge in [-0.3, -0.25) is 9.59 Å². The SMILES string of the molecule is CCN(c1cc(C#CC(C)(C)O)cc(C(=O)NCc2c(C)cc(C)[nH]c2=O)c1C)C1CCC(N(C)CCOC)CC1. The Morgan fingerprint density at radius 2 is 1.80 bits per heavy atom. The monoisotopic (exact) mass is 564 g/mol. The van der Waals surface area contributed by atoms with Crippen LogP contribution < -0.4 is 15.8 Å². The number of aryl methyl sites for hydroxylation is 2. The van der Waals surface area contributed by atoms with Crippen LogP contribution in [0.4, 0.5) is 5.69 Å². The second-order valence-electron chi connectivity index (χ2n) is 11.8. The lowest BCUT2D eigenvalue weighted by Gasteiger charge is -2.41. The molecule has 41 heavy (non-hydrogen) atoms. The van der Waals surface area contributed by atoms with Gasteiger partial charge in [-0.25, -0.2) is 0 Å². The fourth-order valence-corrected chi connectivity index (χ4v) is 5.75. The Hall–Kier alpha value is -3.12. The molecule has 1 amide bonds. The van der Waals surface area contributed by atoms with Crippen molar-refractivity contribution in [3.63, 3.8) is 0 Å². The maximum Gasteiger partial charge on any atom is 0.253 e. The van der Waals surface area contributed by atoms with Crippen molar-refractivity contribution in [2.45, 2.75) is 91.5 Å². The van der Waals surface area contributed by atoms with Crippen molar-refractivity contribution in [1.29, 1.82) is 0 Å². The molecule has 1 saturated carbocycles. The maximum absolute atomic E-state index is 13.6. The molecule has 0 bridgehead atoms. The van der Waals surface area contributed by atoms with E-state index < -0.39 is 5.60 Å². The average Bonchev–Trinajstić information content (AvgIpc) is 2.91.